The fourth-order valence-corrected chi connectivity index (χ4v) is 2.91. The molecule has 1 atom stereocenters. The van der Waals surface area contributed by atoms with Crippen molar-refractivity contribution in [2.45, 2.75) is 26.3 Å². The molecule has 0 spiro atoms. The van der Waals surface area contributed by atoms with Gasteiger partial charge in [0.2, 0.25) is 0 Å². The summed E-state index contributed by atoms with van der Waals surface area (Å²) in [5, 5.41) is 22.6. The molecule has 2 rings (SSSR count). The summed E-state index contributed by atoms with van der Waals surface area (Å²) in [5.74, 6) is -2.13. The van der Waals surface area contributed by atoms with Crippen molar-refractivity contribution in [1.82, 2.24) is 5.32 Å². The summed E-state index contributed by atoms with van der Waals surface area (Å²) in [6.45, 7) is 2.61. The Morgan fingerprint density at radius 2 is 2.00 bits per heavy atom. The number of ether oxygens (including phenoxy) is 1. The predicted octanol–water partition coefficient (Wildman–Crippen LogP) is 3.17. The van der Waals surface area contributed by atoms with Gasteiger partial charge in [-0.25, -0.2) is 4.79 Å². The topological polar surface area (TPSA) is 143 Å². The van der Waals surface area contributed by atoms with E-state index in [0.717, 1.165) is 11.6 Å². The molecule has 1 N–H and O–H groups in total. The number of aryl methyl sites for hydroxylation is 1. The Hall–Kier alpha value is -3.97. The second kappa shape index (κ2) is 11.6. The number of benzene rings is 2. The molecule has 2 amide bonds. The van der Waals surface area contributed by atoms with Gasteiger partial charge in [0.15, 0.2) is 6.61 Å². The SMILES string of the molecule is Cc1cc(N(CCC#N)C(=O)COC(=O)[C@H](C)NC(=O)c2cccc([N+](=O)[O-])c2)ccc1Cl. The third-order valence-electron chi connectivity index (χ3n) is 4.56. The van der Waals surface area contributed by atoms with Crippen LogP contribution in [0.15, 0.2) is 42.5 Å². The van der Waals surface area contributed by atoms with Gasteiger partial charge in [-0.3, -0.25) is 19.7 Å². The largest absolute Gasteiger partial charge is 0.454 e. The number of non-ortho nitro benzene ring substituents is 1. The molecule has 0 aliphatic carbocycles. The van der Waals surface area contributed by atoms with Crippen LogP contribution in [0.2, 0.25) is 5.02 Å². The molecule has 0 aromatic heterocycles. The van der Waals surface area contributed by atoms with Crippen LogP contribution in [-0.4, -0.2) is 41.9 Å². The van der Waals surface area contributed by atoms with Crippen molar-refractivity contribution >= 4 is 40.8 Å². The Balaban J connectivity index is 2.00. The highest BCUT2D eigenvalue weighted by Gasteiger charge is 2.22. The molecule has 33 heavy (non-hydrogen) atoms. The quantitative estimate of drug-likeness (QED) is 0.335. The van der Waals surface area contributed by atoms with Gasteiger partial charge in [-0.15, -0.1) is 0 Å². The second-order valence-corrected chi connectivity index (χ2v) is 7.40. The second-order valence-electron chi connectivity index (χ2n) is 7.00. The lowest BCUT2D eigenvalue weighted by Crippen LogP contribution is -2.42. The van der Waals surface area contributed by atoms with Crippen molar-refractivity contribution in [2.24, 2.45) is 0 Å². The van der Waals surface area contributed by atoms with E-state index in [1.807, 2.05) is 6.07 Å². The zero-order valence-corrected chi connectivity index (χ0v) is 18.7. The number of esters is 1. The highest BCUT2D eigenvalue weighted by molar-refractivity contribution is 6.31. The first-order valence-corrected chi connectivity index (χ1v) is 10.2. The molecule has 0 aliphatic heterocycles. The molecular weight excluding hydrogens is 452 g/mol. The van der Waals surface area contributed by atoms with Crippen LogP contribution in [0.3, 0.4) is 0 Å². The van der Waals surface area contributed by atoms with Gasteiger partial charge in [0, 0.05) is 35.0 Å². The summed E-state index contributed by atoms with van der Waals surface area (Å²) >= 11 is 6.02. The van der Waals surface area contributed by atoms with Crippen LogP contribution < -0.4 is 10.2 Å². The maximum Gasteiger partial charge on any atom is 0.328 e. The normalized spacial score (nSPS) is 11.1. The number of nitrogens with zero attached hydrogens (tertiary/aromatic N) is 3. The summed E-state index contributed by atoms with van der Waals surface area (Å²) < 4.78 is 5.04. The van der Waals surface area contributed by atoms with Gasteiger partial charge in [0.25, 0.3) is 17.5 Å². The fourth-order valence-electron chi connectivity index (χ4n) is 2.79. The smallest absolute Gasteiger partial charge is 0.328 e. The van der Waals surface area contributed by atoms with Gasteiger partial charge >= 0.3 is 5.97 Å². The Labute approximate surface area is 194 Å². The molecule has 10 nitrogen and oxygen atoms in total. The van der Waals surface area contributed by atoms with Crippen LogP contribution in [0, 0.1) is 28.4 Å². The van der Waals surface area contributed by atoms with Crippen molar-refractivity contribution in [2.75, 3.05) is 18.1 Å². The minimum atomic E-state index is -1.12. The maximum absolute atomic E-state index is 12.7. The van der Waals surface area contributed by atoms with Crippen LogP contribution in [-0.2, 0) is 14.3 Å². The van der Waals surface area contributed by atoms with Gasteiger partial charge in [0.1, 0.15) is 6.04 Å². The van der Waals surface area contributed by atoms with E-state index >= 15 is 0 Å². The Morgan fingerprint density at radius 1 is 1.27 bits per heavy atom. The zero-order valence-electron chi connectivity index (χ0n) is 17.9. The van der Waals surface area contributed by atoms with E-state index < -0.39 is 35.4 Å². The standard InChI is InChI=1S/C22H21ClN4O6/c1-14-11-17(7-8-19(14)23)26(10-4-9-24)20(28)13-33-22(30)15(2)25-21(29)16-5-3-6-18(12-16)27(31)32/h3,5-8,11-12,15H,4,10,13H2,1-2H3,(H,25,29)/t15-/m0/s1. The zero-order chi connectivity index (χ0) is 24.5. The first-order valence-electron chi connectivity index (χ1n) is 9.79. The van der Waals surface area contributed by atoms with E-state index in [4.69, 9.17) is 21.6 Å². The molecule has 172 valence electrons. The molecule has 0 bridgehead atoms. The van der Waals surface area contributed by atoms with E-state index in [0.29, 0.717) is 10.7 Å². The lowest BCUT2D eigenvalue weighted by Gasteiger charge is -2.23. The number of halogens is 1. The van der Waals surface area contributed by atoms with Crippen molar-refractivity contribution in [3.63, 3.8) is 0 Å². The summed E-state index contributed by atoms with van der Waals surface area (Å²) in [6, 6.07) is 10.8. The first kappa shape index (κ1) is 25.3. The molecule has 0 unspecified atom stereocenters. The highest BCUT2D eigenvalue weighted by atomic mass is 35.5. The lowest BCUT2D eigenvalue weighted by molar-refractivity contribution is -0.384. The maximum atomic E-state index is 12.7. The van der Waals surface area contributed by atoms with Crippen LogP contribution in [0.4, 0.5) is 11.4 Å². The average molecular weight is 473 g/mol. The van der Waals surface area contributed by atoms with Crippen LogP contribution in [0.5, 0.6) is 0 Å². The van der Waals surface area contributed by atoms with Crippen molar-refractivity contribution in [3.8, 4) is 6.07 Å². The number of rotatable bonds is 9. The van der Waals surface area contributed by atoms with Gasteiger partial charge in [-0.2, -0.15) is 5.26 Å². The van der Waals surface area contributed by atoms with Gasteiger partial charge in [-0.1, -0.05) is 17.7 Å². The number of amides is 2. The third kappa shape index (κ3) is 7.02. The highest BCUT2D eigenvalue weighted by Crippen LogP contribution is 2.23. The first-order chi connectivity index (χ1) is 15.6. The third-order valence-corrected chi connectivity index (χ3v) is 4.98. The Morgan fingerprint density at radius 3 is 2.64 bits per heavy atom. The minimum absolute atomic E-state index is 0.000660. The molecule has 0 saturated carbocycles. The molecule has 0 radical (unpaired) electrons. The molecule has 0 heterocycles. The number of hydrogen-bond acceptors (Lipinski definition) is 7. The number of anilines is 1. The Kier molecular flexibility index (Phi) is 8.89. The van der Waals surface area contributed by atoms with E-state index in [2.05, 4.69) is 5.32 Å². The number of nitrogens with one attached hydrogen (secondary N) is 1. The molecule has 11 heteroatoms. The predicted molar refractivity (Wildman–Crippen MR) is 120 cm³/mol. The summed E-state index contributed by atoms with van der Waals surface area (Å²) in [7, 11) is 0. The van der Waals surface area contributed by atoms with Gasteiger partial charge in [-0.05, 0) is 43.7 Å². The van der Waals surface area contributed by atoms with Gasteiger partial charge in [0.05, 0.1) is 17.4 Å². The molecule has 0 saturated heterocycles. The van der Waals surface area contributed by atoms with Crippen LogP contribution in [0.25, 0.3) is 0 Å². The van der Waals surface area contributed by atoms with E-state index in [1.165, 1.54) is 30.0 Å². The number of nitriles is 1. The molecule has 2 aromatic rings. The molecule has 0 fully saturated rings. The number of carbonyl (C=O) groups is 3. The summed E-state index contributed by atoms with van der Waals surface area (Å²) in [4.78, 5) is 48.8. The monoisotopic (exact) mass is 472 g/mol. The van der Waals surface area contributed by atoms with Crippen LogP contribution in [0.1, 0.15) is 29.3 Å². The number of hydrogen-bond donors (Lipinski definition) is 1. The van der Waals surface area contributed by atoms with E-state index in [9.17, 15) is 24.5 Å². The average Bonchev–Trinajstić information content (AvgIpc) is 2.79. The number of nitro groups is 1. The summed E-state index contributed by atoms with van der Waals surface area (Å²) in [6.07, 6.45) is 0.0665. The van der Waals surface area contributed by atoms with Crippen molar-refractivity contribution < 1.29 is 24.0 Å². The number of carbonyl (C=O) groups excluding carboxylic acids is 3. The summed E-state index contributed by atoms with van der Waals surface area (Å²) in [5.41, 5.74) is 0.970. The molecule has 2 aromatic carbocycles. The van der Waals surface area contributed by atoms with Crippen molar-refractivity contribution in [1.29, 1.82) is 5.26 Å². The molecular formula is C22H21ClN4O6. The Bertz CT molecular complexity index is 1110. The van der Waals surface area contributed by atoms with Gasteiger partial charge < -0.3 is 15.0 Å². The molecule has 0 aliphatic rings. The van der Waals surface area contributed by atoms with E-state index in [-0.39, 0.29) is 24.2 Å². The number of nitro benzene ring substituents is 1. The lowest BCUT2D eigenvalue weighted by atomic mass is 10.2. The van der Waals surface area contributed by atoms with Crippen molar-refractivity contribution in [3.05, 3.63) is 68.7 Å². The van der Waals surface area contributed by atoms with E-state index in [1.54, 1.807) is 25.1 Å². The fraction of sp³-hybridized carbons (Fsp3) is 0.273. The minimum Gasteiger partial charge on any atom is -0.454 e. The van der Waals surface area contributed by atoms with Crippen LogP contribution >= 0.6 is 11.6 Å².